The lowest BCUT2D eigenvalue weighted by Gasteiger charge is -2.07. The normalized spacial score (nSPS) is 12.9. The van der Waals surface area contributed by atoms with Crippen LogP contribution in [-0.2, 0) is 0 Å². The third-order valence-corrected chi connectivity index (χ3v) is 3.61. The first-order chi connectivity index (χ1) is 6.15. The lowest BCUT2D eigenvalue weighted by Crippen LogP contribution is -1.90. The van der Waals surface area contributed by atoms with Gasteiger partial charge in [0.1, 0.15) is 0 Å². The largest absolute Gasteiger partial charge is 0.389 e. The summed E-state index contributed by atoms with van der Waals surface area (Å²) < 4.78 is 1.07. The van der Waals surface area contributed by atoms with Gasteiger partial charge in [-0.3, -0.25) is 0 Å². The maximum Gasteiger partial charge on any atom is 0.0762 e. The lowest BCUT2D eigenvalue weighted by atomic mass is 10.1. The average Bonchev–Trinajstić information content (AvgIpc) is 2.08. The highest BCUT2D eigenvalue weighted by Crippen LogP contribution is 2.29. The second kappa shape index (κ2) is 5.03. The van der Waals surface area contributed by atoms with Gasteiger partial charge in [-0.1, -0.05) is 13.0 Å². The van der Waals surface area contributed by atoms with E-state index in [0.717, 1.165) is 15.8 Å². The first-order valence-corrected chi connectivity index (χ1v) is 6.03. The number of aliphatic hydroxyl groups excluding tert-OH is 1. The van der Waals surface area contributed by atoms with Crippen LogP contribution in [0.2, 0.25) is 0 Å². The highest BCUT2D eigenvalue weighted by molar-refractivity contribution is 9.10. The zero-order valence-corrected chi connectivity index (χ0v) is 10.2. The number of thioether (sulfide) groups is 1. The van der Waals surface area contributed by atoms with E-state index in [1.165, 1.54) is 4.90 Å². The van der Waals surface area contributed by atoms with Crippen molar-refractivity contribution in [3.8, 4) is 0 Å². The molecule has 0 unspecified atom stereocenters. The Bertz CT molecular complexity index is 286. The summed E-state index contributed by atoms with van der Waals surface area (Å²) in [5, 5.41) is 9.34. The van der Waals surface area contributed by atoms with Gasteiger partial charge >= 0.3 is 0 Å². The summed E-state index contributed by atoms with van der Waals surface area (Å²) in [4.78, 5) is 1.23. The van der Waals surface area contributed by atoms with Crippen molar-refractivity contribution >= 4 is 27.7 Å². The summed E-state index contributed by atoms with van der Waals surface area (Å²) in [5.41, 5.74) is 0.951. The fourth-order valence-corrected chi connectivity index (χ4v) is 2.46. The van der Waals surface area contributed by atoms with E-state index in [4.69, 9.17) is 0 Å². The molecule has 72 valence electrons. The topological polar surface area (TPSA) is 20.2 Å². The van der Waals surface area contributed by atoms with Gasteiger partial charge in [0.2, 0.25) is 0 Å². The predicted molar refractivity (Wildman–Crippen MR) is 61.2 cm³/mol. The van der Waals surface area contributed by atoms with Crippen LogP contribution in [0.15, 0.2) is 27.6 Å². The van der Waals surface area contributed by atoms with Gasteiger partial charge < -0.3 is 5.11 Å². The first-order valence-electron chi connectivity index (χ1n) is 4.25. The van der Waals surface area contributed by atoms with Crippen molar-refractivity contribution in [3.63, 3.8) is 0 Å². The molecule has 0 saturated carbocycles. The monoisotopic (exact) mass is 260 g/mol. The molecule has 0 aromatic heterocycles. The van der Waals surface area contributed by atoms with Crippen LogP contribution in [0, 0.1) is 0 Å². The molecular weight excluding hydrogens is 248 g/mol. The summed E-state index contributed by atoms with van der Waals surface area (Å²) in [6, 6.07) is 5.98. The summed E-state index contributed by atoms with van der Waals surface area (Å²) in [5.74, 6) is 1.06. The Morgan fingerprint density at radius 2 is 2.23 bits per heavy atom. The second-order valence-electron chi connectivity index (χ2n) is 2.80. The standard InChI is InChI=1S/C10H13BrOS/c1-3-13-10-5-4-8(7(2)12)6-9(10)11/h4-7,12H,3H2,1-2H3/t7-/m1/s1. The molecular formula is C10H13BrOS. The molecule has 0 spiro atoms. The highest BCUT2D eigenvalue weighted by Gasteiger charge is 2.04. The predicted octanol–water partition coefficient (Wildman–Crippen LogP) is 3.61. The van der Waals surface area contributed by atoms with E-state index >= 15 is 0 Å². The molecule has 1 aromatic carbocycles. The minimum absolute atomic E-state index is 0.392. The maximum absolute atomic E-state index is 9.34. The molecule has 0 amide bonds. The Morgan fingerprint density at radius 3 is 2.69 bits per heavy atom. The van der Waals surface area contributed by atoms with Gasteiger partial charge in [-0.2, -0.15) is 0 Å². The molecule has 0 radical (unpaired) electrons. The van der Waals surface area contributed by atoms with Crippen LogP contribution in [-0.4, -0.2) is 10.9 Å². The fourth-order valence-electron chi connectivity index (χ4n) is 1.05. The summed E-state index contributed by atoms with van der Waals surface area (Å²) in [6.45, 7) is 3.90. The van der Waals surface area contributed by atoms with Crippen LogP contribution in [0.4, 0.5) is 0 Å². The van der Waals surface area contributed by atoms with Gasteiger partial charge in [0.05, 0.1) is 6.10 Å². The average molecular weight is 261 g/mol. The molecule has 1 aromatic rings. The molecule has 3 heteroatoms. The van der Waals surface area contributed by atoms with Gasteiger partial charge in [0, 0.05) is 9.37 Å². The van der Waals surface area contributed by atoms with Crippen molar-refractivity contribution < 1.29 is 5.11 Å². The van der Waals surface area contributed by atoms with Crippen molar-refractivity contribution in [2.45, 2.75) is 24.8 Å². The molecule has 0 aliphatic rings. The quantitative estimate of drug-likeness (QED) is 0.839. The van der Waals surface area contributed by atoms with Crippen LogP contribution in [0.3, 0.4) is 0 Å². The van der Waals surface area contributed by atoms with E-state index in [1.807, 2.05) is 18.2 Å². The Morgan fingerprint density at radius 1 is 1.54 bits per heavy atom. The second-order valence-corrected chi connectivity index (χ2v) is 4.96. The molecule has 0 bridgehead atoms. The van der Waals surface area contributed by atoms with Gasteiger partial charge in [-0.05, 0) is 46.3 Å². The molecule has 13 heavy (non-hydrogen) atoms. The zero-order chi connectivity index (χ0) is 9.84. The van der Waals surface area contributed by atoms with Crippen molar-refractivity contribution in [1.29, 1.82) is 0 Å². The number of aliphatic hydroxyl groups is 1. The molecule has 0 heterocycles. The SMILES string of the molecule is CCSc1ccc([C@@H](C)O)cc1Br. The number of halogens is 1. The van der Waals surface area contributed by atoms with E-state index < -0.39 is 6.10 Å². The minimum Gasteiger partial charge on any atom is -0.389 e. The van der Waals surface area contributed by atoms with E-state index in [0.29, 0.717) is 0 Å². The van der Waals surface area contributed by atoms with E-state index in [2.05, 4.69) is 22.9 Å². The molecule has 1 N–H and O–H groups in total. The van der Waals surface area contributed by atoms with Crippen LogP contribution in [0.25, 0.3) is 0 Å². The van der Waals surface area contributed by atoms with E-state index in [1.54, 1.807) is 18.7 Å². The van der Waals surface area contributed by atoms with Crippen LogP contribution < -0.4 is 0 Å². The van der Waals surface area contributed by atoms with Crippen molar-refractivity contribution in [3.05, 3.63) is 28.2 Å². The molecule has 0 fully saturated rings. The Kier molecular flexibility index (Phi) is 4.29. The van der Waals surface area contributed by atoms with E-state index in [-0.39, 0.29) is 0 Å². The van der Waals surface area contributed by atoms with Crippen LogP contribution in [0.1, 0.15) is 25.5 Å². The summed E-state index contributed by atoms with van der Waals surface area (Å²) in [6.07, 6.45) is -0.392. The number of hydrogen-bond acceptors (Lipinski definition) is 2. The Labute approximate surface area is 91.7 Å². The Hall–Kier alpha value is 0.01000. The minimum atomic E-state index is -0.392. The summed E-state index contributed by atoms with van der Waals surface area (Å²) >= 11 is 5.28. The molecule has 1 atom stereocenters. The van der Waals surface area contributed by atoms with Gasteiger partial charge in [0.15, 0.2) is 0 Å². The molecule has 1 rings (SSSR count). The van der Waals surface area contributed by atoms with Gasteiger partial charge in [-0.25, -0.2) is 0 Å². The number of hydrogen-bond donors (Lipinski definition) is 1. The number of rotatable bonds is 3. The fraction of sp³-hybridized carbons (Fsp3) is 0.400. The smallest absolute Gasteiger partial charge is 0.0762 e. The Balaban J connectivity index is 2.92. The highest BCUT2D eigenvalue weighted by atomic mass is 79.9. The van der Waals surface area contributed by atoms with Crippen LogP contribution >= 0.6 is 27.7 Å². The molecule has 0 aliphatic heterocycles. The third kappa shape index (κ3) is 3.01. The maximum atomic E-state index is 9.34. The molecule has 1 nitrogen and oxygen atoms in total. The first kappa shape index (κ1) is 11.1. The third-order valence-electron chi connectivity index (χ3n) is 1.74. The molecule has 0 aliphatic carbocycles. The van der Waals surface area contributed by atoms with Crippen molar-refractivity contribution in [2.24, 2.45) is 0 Å². The zero-order valence-electron chi connectivity index (χ0n) is 7.75. The van der Waals surface area contributed by atoms with E-state index in [9.17, 15) is 5.11 Å². The van der Waals surface area contributed by atoms with Gasteiger partial charge in [0.25, 0.3) is 0 Å². The van der Waals surface area contributed by atoms with Gasteiger partial charge in [-0.15, -0.1) is 11.8 Å². The van der Waals surface area contributed by atoms with Crippen molar-refractivity contribution in [2.75, 3.05) is 5.75 Å². The lowest BCUT2D eigenvalue weighted by molar-refractivity contribution is 0.199. The molecule has 0 saturated heterocycles. The number of benzene rings is 1. The van der Waals surface area contributed by atoms with Crippen molar-refractivity contribution in [1.82, 2.24) is 0 Å². The summed E-state index contributed by atoms with van der Waals surface area (Å²) in [7, 11) is 0. The van der Waals surface area contributed by atoms with Crippen LogP contribution in [0.5, 0.6) is 0 Å².